The van der Waals surface area contributed by atoms with Crippen LogP contribution in [0.5, 0.6) is 0 Å². The van der Waals surface area contributed by atoms with Crippen LogP contribution in [0.2, 0.25) is 0 Å². The molecular weight excluding hydrogens is 497 g/mol. The van der Waals surface area contributed by atoms with Gasteiger partial charge in [0.05, 0.1) is 13.1 Å². The fraction of sp³-hybridized carbons (Fsp3) is 0.409. The van der Waals surface area contributed by atoms with E-state index in [1.165, 1.54) is 24.5 Å². The molecule has 2 N–H and O–H groups in total. The van der Waals surface area contributed by atoms with E-state index in [-0.39, 0.29) is 19.1 Å². The van der Waals surface area contributed by atoms with Gasteiger partial charge in [-0.1, -0.05) is 23.5 Å². The second-order valence-corrected chi connectivity index (χ2v) is 9.59. The van der Waals surface area contributed by atoms with Crippen molar-refractivity contribution < 1.29 is 22.7 Å². The summed E-state index contributed by atoms with van der Waals surface area (Å²) in [6.45, 7) is 0.657. The predicted octanol–water partition coefficient (Wildman–Crippen LogP) is 2.94. The smallest absolute Gasteiger partial charge is 0.282 e. The number of alkyl halides is 2. The second kappa shape index (κ2) is 9.85. The highest BCUT2D eigenvalue weighted by atomic mass is 32.1. The molecule has 2 aliphatic heterocycles. The van der Waals surface area contributed by atoms with E-state index < -0.39 is 23.9 Å². The van der Waals surface area contributed by atoms with Crippen molar-refractivity contribution in [3.8, 4) is 0 Å². The molecule has 0 unspecified atom stereocenters. The van der Waals surface area contributed by atoms with Crippen molar-refractivity contribution in [2.45, 2.75) is 24.5 Å². The van der Waals surface area contributed by atoms with Gasteiger partial charge < -0.3 is 19.9 Å². The van der Waals surface area contributed by atoms with Gasteiger partial charge in [-0.05, 0) is 36.2 Å². The summed E-state index contributed by atoms with van der Waals surface area (Å²) >= 11 is 1.18. The average molecular weight is 521 g/mol. The Morgan fingerprint density at radius 3 is 2.67 bits per heavy atom. The molecule has 0 aliphatic carbocycles. The number of amides is 1. The van der Waals surface area contributed by atoms with Crippen LogP contribution < -0.4 is 20.4 Å². The van der Waals surface area contributed by atoms with Crippen molar-refractivity contribution in [2.75, 3.05) is 53.7 Å². The van der Waals surface area contributed by atoms with Gasteiger partial charge in [-0.2, -0.15) is 4.39 Å². The fourth-order valence-electron chi connectivity index (χ4n) is 4.22. The Labute approximate surface area is 208 Å². The highest BCUT2D eigenvalue weighted by Gasteiger charge is 2.44. The Hall–Kier alpha value is -3.52. The highest BCUT2D eigenvalue weighted by Crippen LogP contribution is 2.33. The summed E-state index contributed by atoms with van der Waals surface area (Å²) < 4.78 is 44.9. The standard InChI is InChI=1S/C22H23F3N8O2S/c1-35-18(13-3-2-4-15(9-13)33-11-22(24,25)12-33)19(34)27-21-31-30-20(36-21)26-14-7-8-32(10-14)17-6-5-16(23)28-29-17/h2-6,9,14,18H,7-8,10-12H2,1H3,(H,26,30)(H,27,31,34)/t14-,18-/m1/s1. The minimum Gasteiger partial charge on any atom is -0.367 e. The molecule has 5 rings (SSSR count). The molecule has 2 fully saturated rings. The fourth-order valence-corrected chi connectivity index (χ4v) is 4.94. The molecule has 0 bridgehead atoms. The van der Waals surface area contributed by atoms with Crippen molar-refractivity contribution in [1.29, 1.82) is 0 Å². The normalized spacial score (nSPS) is 19.6. The molecule has 0 saturated carbocycles. The summed E-state index contributed by atoms with van der Waals surface area (Å²) in [5, 5.41) is 22.3. The van der Waals surface area contributed by atoms with Gasteiger partial charge in [-0.15, -0.1) is 20.4 Å². The van der Waals surface area contributed by atoms with Crippen LogP contribution in [0.4, 0.5) is 34.9 Å². The lowest BCUT2D eigenvalue weighted by atomic mass is 10.0. The summed E-state index contributed by atoms with van der Waals surface area (Å²) in [5.41, 5.74) is 1.15. The van der Waals surface area contributed by atoms with E-state index in [9.17, 15) is 18.0 Å². The molecule has 36 heavy (non-hydrogen) atoms. The number of methoxy groups -OCH3 is 1. The number of ether oxygens (including phenoxy) is 1. The Morgan fingerprint density at radius 1 is 1.14 bits per heavy atom. The summed E-state index contributed by atoms with van der Waals surface area (Å²) in [5.74, 6) is -3.17. The van der Waals surface area contributed by atoms with Crippen LogP contribution >= 0.6 is 11.3 Å². The van der Waals surface area contributed by atoms with Gasteiger partial charge in [0.1, 0.15) is 0 Å². The number of nitrogens with one attached hydrogen (secondary N) is 2. The first-order valence-corrected chi connectivity index (χ1v) is 12.0. The lowest BCUT2D eigenvalue weighted by molar-refractivity contribution is -0.126. The number of aromatic nitrogens is 4. The Morgan fingerprint density at radius 2 is 1.94 bits per heavy atom. The molecule has 0 spiro atoms. The minimum absolute atomic E-state index is 0.0664. The SMILES string of the molecule is CO[C@@H](C(=O)Nc1nnc(N[C@@H]2CCN(c3ccc(F)nn3)C2)s1)c1cccc(N2CC(F)(F)C2)c1. The largest absolute Gasteiger partial charge is 0.367 e. The number of hydrogen-bond acceptors (Lipinski definition) is 10. The van der Waals surface area contributed by atoms with Crippen molar-refractivity contribution in [3.05, 3.63) is 47.9 Å². The summed E-state index contributed by atoms with van der Waals surface area (Å²) in [7, 11) is 1.40. The first-order valence-electron chi connectivity index (χ1n) is 11.2. The third-order valence-electron chi connectivity index (χ3n) is 5.97. The van der Waals surface area contributed by atoms with E-state index in [1.54, 1.807) is 35.2 Å². The van der Waals surface area contributed by atoms with Crippen LogP contribution in [0.3, 0.4) is 0 Å². The quantitative estimate of drug-likeness (QED) is 0.463. The first-order chi connectivity index (χ1) is 17.3. The molecule has 2 aliphatic rings. The molecule has 2 atom stereocenters. The summed E-state index contributed by atoms with van der Waals surface area (Å²) in [4.78, 5) is 16.4. The number of anilines is 4. The lowest BCUT2D eigenvalue weighted by Gasteiger charge is -2.40. The van der Waals surface area contributed by atoms with Crippen molar-refractivity contribution >= 4 is 39.0 Å². The highest BCUT2D eigenvalue weighted by molar-refractivity contribution is 7.19. The zero-order valence-electron chi connectivity index (χ0n) is 19.2. The van der Waals surface area contributed by atoms with Gasteiger partial charge in [0.15, 0.2) is 11.9 Å². The van der Waals surface area contributed by atoms with Gasteiger partial charge >= 0.3 is 0 Å². The molecule has 2 saturated heterocycles. The topological polar surface area (TPSA) is 108 Å². The van der Waals surface area contributed by atoms with E-state index in [0.717, 1.165) is 13.0 Å². The molecule has 10 nitrogen and oxygen atoms in total. The third-order valence-corrected chi connectivity index (χ3v) is 6.74. The van der Waals surface area contributed by atoms with Crippen molar-refractivity contribution in [2.24, 2.45) is 0 Å². The zero-order valence-corrected chi connectivity index (χ0v) is 20.0. The minimum atomic E-state index is -2.69. The summed E-state index contributed by atoms with van der Waals surface area (Å²) in [6, 6.07) is 9.73. The van der Waals surface area contributed by atoms with Gasteiger partial charge in [-0.3, -0.25) is 10.1 Å². The van der Waals surface area contributed by atoms with Crippen molar-refractivity contribution in [1.82, 2.24) is 20.4 Å². The number of nitrogens with zero attached hydrogens (tertiary/aromatic N) is 6. The molecule has 4 heterocycles. The molecule has 0 radical (unpaired) electrons. The van der Waals surface area contributed by atoms with Gasteiger partial charge in [0.25, 0.3) is 11.8 Å². The molecule has 1 aromatic carbocycles. The lowest BCUT2D eigenvalue weighted by Crippen LogP contribution is -2.56. The number of carbonyl (C=O) groups is 1. The maximum Gasteiger partial charge on any atom is 0.282 e. The Kier molecular flexibility index (Phi) is 6.62. The van der Waals surface area contributed by atoms with E-state index in [1.807, 2.05) is 4.90 Å². The van der Waals surface area contributed by atoms with E-state index >= 15 is 0 Å². The van der Waals surface area contributed by atoms with Crippen molar-refractivity contribution in [3.63, 3.8) is 0 Å². The van der Waals surface area contributed by atoms with Gasteiger partial charge in [0, 0.05) is 31.9 Å². The molecule has 14 heteroatoms. The average Bonchev–Trinajstić information content (AvgIpc) is 3.48. The number of benzene rings is 1. The monoisotopic (exact) mass is 520 g/mol. The van der Waals surface area contributed by atoms with Crippen LogP contribution in [0.15, 0.2) is 36.4 Å². The van der Waals surface area contributed by atoms with Crippen LogP contribution in [0, 0.1) is 5.95 Å². The first kappa shape index (κ1) is 24.2. The van der Waals surface area contributed by atoms with Gasteiger partial charge in [-0.25, -0.2) is 8.78 Å². The second-order valence-electron chi connectivity index (χ2n) is 8.61. The van der Waals surface area contributed by atoms with E-state index in [2.05, 4.69) is 31.0 Å². The zero-order chi connectivity index (χ0) is 25.3. The predicted molar refractivity (Wildman–Crippen MR) is 128 cm³/mol. The molecule has 2 aromatic heterocycles. The third kappa shape index (κ3) is 5.33. The van der Waals surface area contributed by atoms with Crippen LogP contribution in [0.1, 0.15) is 18.1 Å². The molecular formula is C22H23F3N8O2S. The van der Waals surface area contributed by atoms with Crippen LogP contribution in [-0.4, -0.2) is 71.6 Å². The molecule has 190 valence electrons. The Bertz CT molecular complexity index is 1220. The number of rotatable bonds is 8. The van der Waals surface area contributed by atoms with Crippen LogP contribution in [-0.2, 0) is 9.53 Å². The number of halogens is 3. The summed E-state index contributed by atoms with van der Waals surface area (Å²) in [6.07, 6.45) is -0.141. The number of carbonyl (C=O) groups excluding carboxylic acids is 1. The van der Waals surface area contributed by atoms with E-state index in [4.69, 9.17) is 4.74 Å². The molecule has 1 amide bonds. The van der Waals surface area contributed by atoms with Gasteiger partial charge in [0.2, 0.25) is 16.2 Å². The van der Waals surface area contributed by atoms with Crippen LogP contribution in [0.25, 0.3) is 0 Å². The number of hydrogen-bond donors (Lipinski definition) is 2. The maximum atomic E-state index is 13.2. The molecule has 3 aromatic rings. The van der Waals surface area contributed by atoms with E-state index in [0.29, 0.717) is 33.9 Å². The maximum absolute atomic E-state index is 13.2. The Balaban J connectivity index is 1.17.